The summed E-state index contributed by atoms with van der Waals surface area (Å²) in [6.45, 7) is -0.209. The molecule has 0 bridgehead atoms. The number of pyridine rings is 1. The molecule has 3 fully saturated rings. The van der Waals surface area contributed by atoms with Crippen molar-refractivity contribution in [3.05, 3.63) is 153 Å². The third kappa shape index (κ3) is 7.87. The number of carbonyl (C=O) groups excluding carboxylic acids is 4. The van der Waals surface area contributed by atoms with Crippen LogP contribution in [0.2, 0.25) is 10.0 Å². The second-order valence-corrected chi connectivity index (χ2v) is 17.4. The topological polar surface area (TPSA) is 148 Å². The first-order chi connectivity index (χ1) is 32.2. The van der Waals surface area contributed by atoms with Gasteiger partial charge < -0.3 is 19.3 Å². The highest BCUT2D eigenvalue weighted by Gasteiger charge is 2.70. The number of hydrogen-bond acceptors (Lipinski definition) is 10. The second-order valence-electron chi connectivity index (χ2n) is 16.6. The summed E-state index contributed by atoms with van der Waals surface area (Å²) in [7, 11) is 3.15. The maximum Gasteiger partial charge on any atom is 0.417 e. The maximum atomic E-state index is 15.5. The Kier molecular flexibility index (Phi) is 12.1. The van der Waals surface area contributed by atoms with Crippen LogP contribution in [0.4, 0.5) is 24.7 Å². The molecule has 1 saturated carbocycles. The summed E-state index contributed by atoms with van der Waals surface area (Å²) in [5.74, 6) is -5.52. The summed E-state index contributed by atoms with van der Waals surface area (Å²) in [4.78, 5) is 64.9. The molecule has 2 N–H and O–H groups in total. The van der Waals surface area contributed by atoms with E-state index in [1.165, 1.54) is 4.90 Å². The highest BCUT2D eigenvalue weighted by atomic mass is 35.5. The van der Waals surface area contributed by atoms with Crippen molar-refractivity contribution < 1.29 is 51.7 Å². The fourth-order valence-corrected chi connectivity index (χ4v) is 10.6. The van der Waals surface area contributed by atoms with Crippen molar-refractivity contribution in [2.75, 3.05) is 37.8 Å². The zero-order valence-electron chi connectivity index (χ0n) is 35.8. The number of carbonyl (C=O) groups is 4. The molecule has 2 saturated heterocycles. The van der Waals surface area contributed by atoms with E-state index in [2.05, 4.69) is 10.4 Å². The van der Waals surface area contributed by atoms with Crippen LogP contribution in [-0.4, -0.2) is 66.2 Å². The largest absolute Gasteiger partial charge is 0.497 e. The number of rotatable bonds is 12. The number of methoxy groups -OCH3 is 2. The van der Waals surface area contributed by atoms with Crippen molar-refractivity contribution in [1.29, 1.82) is 0 Å². The maximum absolute atomic E-state index is 15.5. The Hall–Kier alpha value is -6.68. The van der Waals surface area contributed by atoms with Gasteiger partial charge in [0, 0.05) is 22.7 Å². The van der Waals surface area contributed by atoms with Gasteiger partial charge in [-0.1, -0.05) is 83.4 Å². The molecule has 67 heavy (non-hydrogen) atoms. The first-order valence-electron chi connectivity index (χ1n) is 21.2. The van der Waals surface area contributed by atoms with Gasteiger partial charge in [-0.25, -0.2) is 4.98 Å². The van der Waals surface area contributed by atoms with Crippen LogP contribution in [-0.2, 0) is 30.8 Å². The Balaban J connectivity index is 1.11. The molecule has 2 aliphatic carbocycles. The van der Waals surface area contributed by atoms with Crippen LogP contribution in [0.3, 0.4) is 0 Å². The number of amides is 4. The van der Waals surface area contributed by atoms with Crippen LogP contribution in [0.1, 0.15) is 46.6 Å². The quantitative estimate of drug-likeness (QED) is 0.0705. The summed E-state index contributed by atoms with van der Waals surface area (Å²) in [6.07, 6.45) is 1.52. The molecule has 2 aliphatic heterocycles. The number of nitrogens with one attached hydrogen (secondary N) is 1. The van der Waals surface area contributed by atoms with Crippen molar-refractivity contribution in [1.82, 2.24) is 9.99 Å². The average Bonchev–Trinajstić information content (AvgIpc) is 3.71. The number of nitrogens with zero attached hydrogens (tertiary/aromatic N) is 3. The Morgan fingerprint density at radius 3 is 2.22 bits per heavy atom. The molecule has 4 amide bonds. The van der Waals surface area contributed by atoms with E-state index in [-0.39, 0.29) is 31.9 Å². The number of fused-ring (bicyclic) bond motifs is 4. The summed E-state index contributed by atoms with van der Waals surface area (Å²) >= 11 is 12.7. The smallest absolute Gasteiger partial charge is 0.417 e. The van der Waals surface area contributed by atoms with Crippen LogP contribution >= 0.6 is 23.2 Å². The van der Waals surface area contributed by atoms with Crippen molar-refractivity contribution in [3.63, 3.8) is 0 Å². The number of aromatic nitrogens is 1. The Morgan fingerprint density at radius 1 is 0.851 bits per heavy atom. The summed E-state index contributed by atoms with van der Waals surface area (Å²) in [6, 6.07) is 26.4. The van der Waals surface area contributed by atoms with Crippen LogP contribution < -0.4 is 24.5 Å². The lowest BCUT2D eigenvalue weighted by Crippen LogP contribution is -2.53. The van der Waals surface area contributed by atoms with E-state index < -0.39 is 75.4 Å². The number of alkyl halides is 3. The zero-order valence-corrected chi connectivity index (χ0v) is 37.3. The molecule has 0 radical (unpaired) electrons. The Labute approximate surface area is 392 Å². The normalized spacial score (nSPS) is 23.5. The van der Waals surface area contributed by atoms with Gasteiger partial charge in [-0.05, 0) is 96.1 Å². The monoisotopic (exact) mass is 952 g/mol. The Bertz CT molecular complexity index is 2840. The van der Waals surface area contributed by atoms with E-state index in [1.807, 2.05) is 24.3 Å². The van der Waals surface area contributed by atoms with E-state index in [1.54, 1.807) is 99.1 Å². The molecular formula is C50H41Cl2F3N4O8. The van der Waals surface area contributed by atoms with Crippen molar-refractivity contribution in [3.8, 4) is 17.2 Å². The van der Waals surface area contributed by atoms with Crippen LogP contribution in [0, 0.1) is 23.7 Å². The number of aliphatic hydroxyl groups excluding tert-OH is 1. The third-order valence-electron chi connectivity index (χ3n) is 13.2. The van der Waals surface area contributed by atoms with Crippen LogP contribution in [0.15, 0.2) is 115 Å². The molecular weight excluding hydrogens is 912 g/mol. The number of aliphatic hydroxyl groups is 1. The standard InChI is InChI=1S/C50H41Cl2F3N4O8/c1-65-35-17-20-41(66-2)29(23-35)6-3-27-4-13-33(14-5-27)58-45(61)37-19-18-36-38(42(37)47(58)63)25-39-46(62)59(57-44-40(52)24-31(26-56-44)50(53,54)55)48(64)49(39,30-9-11-32(51)12-10-30)43(36)28-7-15-34(16-8-28)67-22-21-60/h3-18,20,23-24,26,37-39,42-43,60H,19,21-22,25H2,1-2H3,(H,56,57). The SMILES string of the molecule is COc1ccc(OC)c(C=Cc2ccc(N3C(=O)C4CC=C5C(CC6C(=O)N(Nc7ncc(C(F)(F)F)cc7Cl)C(=O)C6(c6ccc(Cl)cc6)C5c5ccc(OCCO)cc5)C4C3=O)cc2)c1. The molecule has 6 unspecified atom stereocenters. The van der Waals surface area contributed by atoms with Gasteiger partial charge in [0.25, 0.3) is 11.8 Å². The molecule has 3 heterocycles. The lowest BCUT2D eigenvalue weighted by atomic mass is 9.49. The minimum Gasteiger partial charge on any atom is -0.497 e. The summed E-state index contributed by atoms with van der Waals surface area (Å²) in [5, 5.41) is 10.0. The first-order valence-corrected chi connectivity index (χ1v) is 22.0. The van der Waals surface area contributed by atoms with E-state index in [0.717, 1.165) is 16.1 Å². The predicted molar refractivity (Wildman–Crippen MR) is 243 cm³/mol. The van der Waals surface area contributed by atoms with E-state index in [4.69, 9.17) is 37.4 Å². The van der Waals surface area contributed by atoms with Crippen molar-refractivity contribution in [2.45, 2.75) is 30.4 Å². The van der Waals surface area contributed by atoms with Crippen LogP contribution in [0.5, 0.6) is 17.2 Å². The molecule has 6 atom stereocenters. The molecule has 4 aromatic carbocycles. The third-order valence-corrected chi connectivity index (χ3v) is 13.7. The van der Waals surface area contributed by atoms with E-state index >= 15 is 9.59 Å². The number of hydrazine groups is 1. The van der Waals surface area contributed by atoms with Crippen molar-refractivity contribution >= 4 is 70.5 Å². The van der Waals surface area contributed by atoms with E-state index in [9.17, 15) is 27.9 Å². The van der Waals surface area contributed by atoms with Gasteiger partial charge in [-0.15, -0.1) is 0 Å². The minimum atomic E-state index is -4.77. The van der Waals surface area contributed by atoms with Gasteiger partial charge in [0.15, 0.2) is 5.82 Å². The average molecular weight is 954 g/mol. The first kappa shape index (κ1) is 45.5. The number of allylic oxidation sites excluding steroid dienone is 2. The van der Waals surface area contributed by atoms with Crippen molar-refractivity contribution in [2.24, 2.45) is 23.7 Å². The molecule has 1 aromatic heterocycles. The zero-order chi connectivity index (χ0) is 47.4. The molecule has 0 spiro atoms. The van der Waals surface area contributed by atoms with Gasteiger partial charge >= 0.3 is 6.18 Å². The fraction of sp³-hybridized carbons (Fsp3) is 0.260. The highest BCUT2D eigenvalue weighted by Crippen LogP contribution is 2.64. The van der Waals surface area contributed by atoms with Gasteiger partial charge in [-0.2, -0.15) is 18.2 Å². The summed E-state index contributed by atoms with van der Waals surface area (Å²) in [5.41, 5.74) is 3.38. The highest BCUT2D eigenvalue weighted by molar-refractivity contribution is 6.33. The van der Waals surface area contributed by atoms with Gasteiger partial charge in [0.05, 0.1) is 60.3 Å². The van der Waals surface area contributed by atoms with Gasteiger partial charge in [-0.3, -0.25) is 29.5 Å². The molecule has 9 rings (SSSR count). The number of benzene rings is 4. The molecule has 12 nitrogen and oxygen atoms in total. The molecule has 344 valence electrons. The number of anilines is 2. The number of imide groups is 2. The fourth-order valence-electron chi connectivity index (χ4n) is 10.2. The lowest BCUT2D eigenvalue weighted by Gasteiger charge is -2.50. The van der Waals surface area contributed by atoms with Gasteiger partial charge in [0.1, 0.15) is 23.9 Å². The van der Waals surface area contributed by atoms with Gasteiger partial charge in [0.2, 0.25) is 11.8 Å². The minimum absolute atomic E-state index is 0.0225. The van der Waals surface area contributed by atoms with Crippen LogP contribution in [0.25, 0.3) is 12.2 Å². The molecule has 17 heteroatoms. The number of ether oxygens (including phenoxy) is 3. The van der Waals surface area contributed by atoms with E-state index in [0.29, 0.717) is 56.9 Å². The molecule has 4 aliphatic rings. The number of halogens is 5. The lowest BCUT2D eigenvalue weighted by molar-refractivity contribution is -0.139. The predicted octanol–water partition coefficient (Wildman–Crippen LogP) is 9.16. The Morgan fingerprint density at radius 2 is 1.57 bits per heavy atom. The summed E-state index contributed by atoms with van der Waals surface area (Å²) < 4.78 is 57.4. The second kappa shape index (κ2) is 17.8. The number of hydrogen-bond donors (Lipinski definition) is 2. The molecule has 5 aromatic rings.